The average Bonchev–Trinajstić information content (AvgIpc) is 3.04. The summed E-state index contributed by atoms with van der Waals surface area (Å²) >= 11 is 3.08. The number of thiazole rings is 2. The van der Waals surface area contributed by atoms with E-state index >= 15 is 0 Å². The van der Waals surface area contributed by atoms with E-state index in [1.54, 1.807) is 17.5 Å². The molecular formula is C14H19N3OS2. The van der Waals surface area contributed by atoms with Crippen molar-refractivity contribution < 1.29 is 4.79 Å². The summed E-state index contributed by atoms with van der Waals surface area (Å²) in [5.41, 5.74) is 0.967. The van der Waals surface area contributed by atoms with E-state index in [9.17, 15) is 4.79 Å². The fourth-order valence-electron chi connectivity index (χ4n) is 1.57. The largest absolute Gasteiger partial charge is 0.346 e. The van der Waals surface area contributed by atoms with E-state index in [1.807, 2.05) is 12.3 Å². The van der Waals surface area contributed by atoms with Crippen molar-refractivity contribution in [3.05, 3.63) is 32.2 Å². The Morgan fingerprint density at radius 2 is 2.15 bits per heavy atom. The van der Waals surface area contributed by atoms with E-state index in [1.165, 1.54) is 11.3 Å². The number of rotatable bonds is 4. The van der Waals surface area contributed by atoms with Crippen LogP contribution in [0.1, 0.15) is 53.1 Å². The maximum absolute atomic E-state index is 12.0. The van der Waals surface area contributed by atoms with Gasteiger partial charge in [-0.25, -0.2) is 9.97 Å². The zero-order valence-electron chi connectivity index (χ0n) is 12.2. The van der Waals surface area contributed by atoms with Gasteiger partial charge in [0.2, 0.25) is 0 Å². The number of carbonyl (C=O) groups is 1. The van der Waals surface area contributed by atoms with Crippen LogP contribution in [0.25, 0.3) is 0 Å². The van der Waals surface area contributed by atoms with E-state index in [0.29, 0.717) is 11.4 Å². The van der Waals surface area contributed by atoms with Crippen LogP contribution in [0.2, 0.25) is 0 Å². The molecule has 2 aromatic rings. The SMILES string of the molecule is CCc1ncc(C(=O)NCc2csc(C(C)(C)C)n2)s1. The Morgan fingerprint density at radius 1 is 1.40 bits per heavy atom. The minimum Gasteiger partial charge on any atom is -0.346 e. The highest BCUT2D eigenvalue weighted by Gasteiger charge is 2.18. The number of nitrogens with zero attached hydrogens (tertiary/aromatic N) is 2. The van der Waals surface area contributed by atoms with Gasteiger partial charge in [0.1, 0.15) is 4.88 Å². The summed E-state index contributed by atoms with van der Waals surface area (Å²) in [5, 5.41) is 6.97. The van der Waals surface area contributed by atoms with Gasteiger partial charge in [-0.2, -0.15) is 0 Å². The maximum Gasteiger partial charge on any atom is 0.263 e. The van der Waals surface area contributed by atoms with Gasteiger partial charge < -0.3 is 5.32 Å². The molecular weight excluding hydrogens is 290 g/mol. The predicted octanol–water partition coefficient (Wildman–Crippen LogP) is 3.39. The summed E-state index contributed by atoms with van der Waals surface area (Å²) in [6, 6.07) is 0. The average molecular weight is 309 g/mol. The van der Waals surface area contributed by atoms with Crippen LogP contribution in [0, 0.1) is 0 Å². The third-order valence-electron chi connectivity index (χ3n) is 2.70. The summed E-state index contributed by atoms with van der Waals surface area (Å²) in [7, 11) is 0. The molecule has 0 saturated heterocycles. The molecule has 0 aliphatic carbocycles. The second kappa shape index (κ2) is 6.01. The van der Waals surface area contributed by atoms with Crippen molar-refractivity contribution >= 4 is 28.6 Å². The molecule has 0 spiro atoms. The smallest absolute Gasteiger partial charge is 0.263 e. The first-order chi connectivity index (χ1) is 9.40. The van der Waals surface area contributed by atoms with Crippen molar-refractivity contribution in [2.75, 3.05) is 0 Å². The van der Waals surface area contributed by atoms with E-state index in [2.05, 4.69) is 36.1 Å². The Bertz CT molecular complexity index is 596. The molecule has 0 radical (unpaired) electrons. The topological polar surface area (TPSA) is 54.9 Å². The van der Waals surface area contributed by atoms with E-state index in [0.717, 1.165) is 22.1 Å². The van der Waals surface area contributed by atoms with Gasteiger partial charge in [-0.05, 0) is 6.42 Å². The molecule has 1 amide bonds. The molecule has 2 rings (SSSR count). The second-order valence-electron chi connectivity index (χ2n) is 5.55. The van der Waals surface area contributed by atoms with Crippen LogP contribution in [-0.4, -0.2) is 15.9 Å². The maximum atomic E-state index is 12.0. The zero-order chi connectivity index (χ0) is 14.8. The van der Waals surface area contributed by atoms with Crippen LogP contribution in [-0.2, 0) is 18.4 Å². The second-order valence-corrected chi connectivity index (χ2v) is 7.52. The number of aromatic nitrogens is 2. The summed E-state index contributed by atoms with van der Waals surface area (Å²) in [6.45, 7) is 8.90. The van der Waals surface area contributed by atoms with Crippen molar-refractivity contribution in [3.63, 3.8) is 0 Å². The third kappa shape index (κ3) is 3.64. The highest BCUT2D eigenvalue weighted by molar-refractivity contribution is 7.13. The molecule has 0 bridgehead atoms. The summed E-state index contributed by atoms with van der Waals surface area (Å²) in [5.74, 6) is -0.0764. The molecule has 108 valence electrons. The minimum atomic E-state index is -0.0764. The molecule has 0 saturated carbocycles. The first kappa shape index (κ1) is 15.1. The van der Waals surface area contributed by atoms with Crippen LogP contribution in [0.3, 0.4) is 0 Å². The number of carbonyl (C=O) groups excluding carboxylic acids is 1. The Morgan fingerprint density at radius 3 is 2.70 bits per heavy atom. The van der Waals surface area contributed by atoms with Crippen molar-refractivity contribution in [2.24, 2.45) is 0 Å². The van der Waals surface area contributed by atoms with Gasteiger partial charge in [-0.15, -0.1) is 22.7 Å². The minimum absolute atomic E-state index is 0.0562. The molecule has 20 heavy (non-hydrogen) atoms. The first-order valence-corrected chi connectivity index (χ1v) is 8.27. The molecule has 2 aromatic heterocycles. The Balaban J connectivity index is 1.95. The molecule has 2 heterocycles. The van der Waals surface area contributed by atoms with Crippen molar-refractivity contribution in [3.8, 4) is 0 Å². The predicted molar refractivity (Wildman–Crippen MR) is 83.5 cm³/mol. The lowest BCUT2D eigenvalue weighted by Crippen LogP contribution is -2.22. The summed E-state index contributed by atoms with van der Waals surface area (Å²) in [4.78, 5) is 21.4. The number of nitrogens with one attached hydrogen (secondary N) is 1. The molecule has 0 fully saturated rings. The number of hydrogen-bond acceptors (Lipinski definition) is 5. The molecule has 1 N–H and O–H groups in total. The number of amides is 1. The summed E-state index contributed by atoms with van der Waals surface area (Å²) < 4.78 is 0. The highest BCUT2D eigenvalue weighted by Crippen LogP contribution is 2.25. The van der Waals surface area contributed by atoms with Gasteiger partial charge in [0.15, 0.2) is 0 Å². The van der Waals surface area contributed by atoms with Crippen LogP contribution >= 0.6 is 22.7 Å². The number of hydrogen-bond donors (Lipinski definition) is 1. The van der Waals surface area contributed by atoms with E-state index in [4.69, 9.17) is 0 Å². The molecule has 0 aliphatic rings. The van der Waals surface area contributed by atoms with Crippen LogP contribution in [0.5, 0.6) is 0 Å². The van der Waals surface area contributed by atoms with Gasteiger partial charge in [-0.1, -0.05) is 27.7 Å². The fourth-order valence-corrected chi connectivity index (χ4v) is 3.25. The lowest BCUT2D eigenvalue weighted by Gasteiger charge is -2.13. The lowest BCUT2D eigenvalue weighted by molar-refractivity contribution is 0.0954. The van der Waals surface area contributed by atoms with Crippen LogP contribution < -0.4 is 5.32 Å². The van der Waals surface area contributed by atoms with Gasteiger partial charge >= 0.3 is 0 Å². The molecule has 6 heteroatoms. The fraction of sp³-hybridized carbons (Fsp3) is 0.500. The number of aryl methyl sites for hydroxylation is 1. The molecule has 4 nitrogen and oxygen atoms in total. The van der Waals surface area contributed by atoms with Crippen LogP contribution in [0.4, 0.5) is 0 Å². The van der Waals surface area contributed by atoms with Crippen molar-refractivity contribution in [1.29, 1.82) is 0 Å². The van der Waals surface area contributed by atoms with Crippen molar-refractivity contribution in [2.45, 2.75) is 46.1 Å². The Hall–Kier alpha value is -1.27. The molecule has 0 aliphatic heterocycles. The van der Waals surface area contributed by atoms with E-state index in [-0.39, 0.29) is 11.3 Å². The van der Waals surface area contributed by atoms with Gasteiger partial charge in [0.05, 0.1) is 28.5 Å². The van der Waals surface area contributed by atoms with Crippen LogP contribution in [0.15, 0.2) is 11.6 Å². The molecule has 0 atom stereocenters. The van der Waals surface area contributed by atoms with Crippen molar-refractivity contribution in [1.82, 2.24) is 15.3 Å². The molecule has 0 aromatic carbocycles. The zero-order valence-corrected chi connectivity index (χ0v) is 13.8. The lowest BCUT2D eigenvalue weighted by atomic mass is 9.98. The highest BCUT2D eigenvalue weighted by atomic mass is 32.1. The van der Waals surface area contributed by atoms with Gasteiger partial charge in [0.25, 0.3) is 5.91 Å². The first-order valence-electron chi connectivity index (χ1n) is 6.58. The van der Waals surface area contributed by atoms with E-state index < -0.39 is 0 Å². The summed E-state index contributed by atoms with van der Waals surface area (Å²) in [6.07, 6.45) is 2.50. The Kier molecular flexibility index (Phi) is 4.55. The normalized spacial score (nSPS) is 11.6. The Labute approximate surface area is 127 Å². The molecule has 0 unspecified atom stereocenters. The standard InChI is InChI=1S/C14H19N3OS2/c1-5-11-15-7-10(20-11)12(18)16-6-9-8-19-13(17-9)14(2,3)4/h7-8H,5-6H2,1-4H3,(H,16,18). The monoisotopic (exact) mass is 309 g/mol. The van der Waals surface area contributed by atoms with Gasteiger partial charge in [-0.3, -0.25) is 4.79 Å². The third-order valence-corrected chi connectivity index (χ3v) is 5.16. The van der Waals surface area contributed by atoms with Gasteiger partial charge in [0, 0.05) is 10.8 Å². The quantitative estimate of drug-likeness (QED) is 0.942.